The summed E-state index contributed by atoms with van der Waals surface area (Å²) in [5.41, 5.74) is 2.27. The number of nitrogens with zero attached hydrogens (tertiary/aromatic N) is 4. The summed E-state index contributed by atoms with van der Waals surface area (Å²) in [4.78, 5) is 4.94. The Bertz CT molecular complexity index is 772. The minimum Gasteiger partial charge on any atom is -0.507 e. The standard InChI is InChI=1S/C20H25ClN4O/c1-3-24-8-6-14-7-9-25(17(14)12-24)19-5-4-16(22-23-19)20-13(2)10-15(21)11-18(20)26/h4-5,10-11,14,17,26H,3,6-9,12H2,1-2H3/t14-,17-/m1/s1. The largest absolute Gasteiger partial charge is 0.507 e. The highest BCUT2D eigenvalue weighted by molar-refractivity contribution is 6.31. The Morgan fingerprint density at radius 2 is 2.00 bits per heavy atom. The summed E-state index contributed by atoms with van der Waals surface area (Å²) >= 11 is 6.00. The summed E-state index contributed by atoms with van der Waals surface area (Å²) in [5, 5.41) is 19.7. The maximum Gasteiger partial charge on any atom is 0.151 e. The fourth-order valence-corrected chi connectivity index (χ4v) is 4.72. The summed E-state index contributed by atoms with van der Waals surface area (Å²) in [6.07, 6.45) is 2.51. The van der Waals surface area contributed by atoms with Crippen LogP contribution in [0.3, 0.4) is 0 Å². The molecular weight excluding hydrogens is 348 g/mol. The van der Waals surface area contributed by atoms with Gasteiger partial charge >= 0.3 is 0 Å². The quantitative estimate of drug-likeness (QED) is 0.889. The van der Waals surface area contributed by atoms with E-state index in [1.807, 2.05) is 25.1 Å². The van der Waals surface area contributed by atoms with Gasteiger partial charge in [-0.25, -0.2) is 0 Å². The molecule has 2 aliphatic rings. The number of aryl methyl sites for hydroxylation is 1. The van der Waals surface area contributed by atoms with Crippen LogP contribution in [0.25, 0.3) is 11.3 Å². The number of rotatable bonds is 3. The molecule has 2 aromatic rings. The van der Waals surface area contributed by atoms with Gasteiger partial charge < -0.3 is 14.9 Å². The zero-order valence-corrected chi connectivity index (χ0v) is 16.1. The third-order valence-corrected chi connectivity index (χ3v) is 6.09. The van der Waals surface area contributed by atoms with E-state index in [0.717, 1.165) is 36.9 Å². The van der Waals surface area contributed by atoms with E-state index in [1.54, 1.807) is 6.07 Å². The van der Waals surface area contributed by atoms with Crippen LogP contribution in [0.4, 0.5) is 5.82 Å². The number of fused-ring (bicyclic) bond motifs is 1. The van der Waals surface area contributed by atoms with Crippen LogP contribution in [-0.2, 0) is 0 Å². The predicted octanol–water partition coefficient (Wildman–Crippen LogP) is 3.73. The second-order valence-corrected chi connectivity index (χ2v) is 7.82. The lowest BCUT2D eigenvalue weighted by Crippen LogP contribution is -2.48. The Labute approximate surface area is 159 Å². The van der Waals surface area contributed by atoms with Crippen LogP contribution in [0, 0.1) is 12.8 Å². The van der Waals surface area contributed by atoms with E-state index < -0.39 is 0 Å². The lowest BCUT2D eigenvalue weighted by molar-refractivity contribution is 0.182. The van der Waals surface area contributed by atoms with Crippen molar-refractivity contribution in [2.75, 3.05) is 31.1 Å². The van der Waals surface area contributed by atoms with Crippen molar-refractivity contribution >= 4 is 17.4 Å². The first kappa shape index (κ1) is 17.6. The van der Waals surface area contributed by atoms with Crippen molar-refractivity contribution in [1.82, 2.24) is 15.1 Å². The van der Waals surface area contributed by atoms with Gasteiger partial charge in [-0.15, -0.1) is 10.2 Å². The molecule has 26 heavy (non-hydrogen) atoms. The Kier molecular flexibility index (Phi) is 4.76. The summed E-state index contributed by atoms with van der Waals surface area (Å²) in [6.45, 7) is 8.63. The molecule has 4 rings (SSSR count). The molecule has 0 bridgehead atoms. The van der Waals surface area contributed by atoms with Gasteiger partial charge in [0.1, 0.15) is 5.75 Å². The lowest BCUT2D eigenvalue weighted by atomic mass is 9.92. The molecule has 138 valence electrons. The molecule has 2 atom stereocenters. The maximum absolute atomic E-state index is 10.2. The predicted molar refractivity (Wildman–Crippen MR) is 105 cm³/mol. The van der Waals surface area contributed by atoms with Gasteiger partial charge in [-0.1, -0.05) is 18.5 Å². The number of hydrogen-bond acceptors (Lipinski definition) is 5. The van der Waals surface area contributed by atoms with E-state index >= 15 is 0 Å². The number of halogens is 1. The Morgan fingerprint density at radius 1 is 1.19 bits per heavy atom. The van der Waals surface area contributed by atoms with Gasteiger partial charge in [0.25, 0.3) is 0 Å². The minimum atomic E-state index is 0.143. The molecule has 6 heteroatoms. The van der Waals surface area contributed by atoms with Gasteiger partial charge in [-0.05, 0) is 68.6 Å². The van der Waals surface area contributed by atoms with Crippen LogP contribution in [0.5, 0.6) is 5.75 Å². The number of hydrogen-bond donors (Lipinski definition) is 1. The molecule has 1 N–H and O–H groups in total. The zero-order valence-electron chi connectivity index (χ0n) is 15.3. The highest BCUT2D eigenvalue weighted by Gasteiger charge is 2.38. The van der Waals surface area contributed by atoms with Crippen LogP contribution in [0.2, 0.25) is 5.02 Å². The van der Waals surface area contributed by atoms with Gasteiger partial charge in [-0.2, -0.15) is 0 Å². The third-order valence-electron chi connectivity index (χ3n) is 5.87. The van der Waals surface area contributed by atoms with Gasteiger partial charge in [0, 0.05) is 29.7 Å². The second kappa shape index (κ2) is 7.05. The number of aromatic nitrogens is 2. The number of likely N-dealkylation sites (tertiary alicyclic amines) is 1. The average molecular weight is 373 g/mol. The van der Waals surface area contributed by atoms with Crippen molar-refractivity contribution in [3.8, 4) is 17.0 Å². The lowest BCUT2D eigenvalue weighted by Gasteiger charge is -2.38. The number of anilines is 1. The number of benzene rings is 1. The molecule has 2 aliphatic heterocycles. The maximum atomic E-state index is 10.2. The van der Waals surface area contributed by atoms with Crippen LogP contribution in [0.15, 0.2) is 24.3 Å². The molecule has 0 amide bonds. The van der Waals surface area contributed by atoms with Crippen LogP contribution in [-0.4, -0.2) is 52.4 Å². The van der Waals surface area contributed by atoms with E-state index in [-0.39, 0.29) is 5.75 Å². The van der Waals surface area contributed by atoms with Crippen molar-refractivity contribution in [1.29, 1.82) is 0 Å². The summed E-state index contributed by atoms with van der Waals surface area (Å²) < 4.78 is 0. The number of phenols is 1. The molecule has 1 aromatic carbocycles. The first-order valence-electron chi connectivity index (χ1n) is 9.39. The summed E-state index contributed by atoms with van der Waals surface area (Å²) in [5.74, 6) is 1.84. The smallest absolute Gasteiger partial charge is 0.151 e. The minimum absolute atomic E-state index is 0.143. The molecule has 0 radical (unpaired) electrons. The summed E-state index contributed by atoms with van der Waals surface area (Å²) in [6, 6.07) is 7.90. The van der Waals surface area contributed by atoms with Crippen molar-refractivity contribution in [3.63, 3.8) is 0 Å². The number of aromatic hydroxyl groups is 1. The highest BCUT2D eigenvalue weighted by Crippen LogP contribution is 2.36. The van der Waals surface area contributed by atoms with Gasteiger partial charge in [0.05, 0.1) is 5.69 Å². The Balaban J connectivity index is 1.59. The molecule has 0 spiro atoms. The molecule has 0 aliphatic carbocycles. The van der Waals surface area contributed by atoms with Crippen molar-refractivity contribution in [3.05, 3.63) is 34.9 Å². The first-order chi connectivity index (χ1) is 12.6. The molecule has 2 saturated heterocycles. The topological polar surface area (TPSA) is 52.5 Å². The fraction of sp³-hybridized carbons (Fsp3) is 0.500. The highest BCUT2D eigenvalue weighted by atomic mass is 35.5. The monoisotopic (exact) mass is 372 g/mol. The first-order valence-corrected chi connectivity index (χ1v) is 9.77. The van der Waals surface area contributed by atoms with Crippen LogP contribution in [0.1, 0.15) is 25.3 Å². The Hall–Kier alpha value is -1.85. The van der Waals surface area contributed by atoms with Gasteiger partial charge in [-0.3, -0.25) is 0 Å². The van der Waals surface area contributed by atoms with E-state index in [0.29, 0.717) is 22.3 Å². The van der Waals surface area contributed by atoms with Gasteiger partial charge in [0.2, 0.25) is 0 Å². The second-order valence-electron chi connectivity index (χ2n) is 7.38. The molecule has 5 nitrogen and oxygen atoms in total. The van der Waals surface area contributed by atoms with E-state index in [1.165, 1.54) is 19.4 Å². The molecule has 2 fully saturated rings. The van der Waals surface area contributed by atoms with E-state index in [4.69, 9.17) is 11.6 Å². The molecule has 3 heterocycles. The molecular formula is C20H25ClN4O. The molecule has 0 unspecified atom stereocenters. The van der Waals surface area contributed by atoms with E-state index in [2.05, 4.69) is 26.9 Å². The van der Waals surface area contributed by atoms with Crippen LogP contribution < -0.4 is 4.90 Å². The average Bonchev–Trinajstić information content (AvgIpc) is 3.04. The molecule has 0 saturated carbocycles. The number of likely N-dealkylation sites (N-methyl/N-ethyl adjacent to an activating group) is 1. The number of piperidine rings is 1. The SMILES string of the molecule is CCN1CC[C@@H]2CCN(c3ccc(-c4c(C)cc(Cl)cc4O)nn3)[C@@H]2C1. The zero-order chi connectivity index (χ0) is 18.3. The van der Waals surface area contributed by atoms with Crippen molar-refractivity contribution in [2.24, 2.45) is 5.92 Å². The third kappa shape index (κ3) is 3.14. The normalized spacial score (nSPS) is 23.3. The fourth-order valence-electron chi connectivity index (χ4n) is 4.45. The van der Waals surface area contributed by atoms with Crippen LogP contribution >= 0.6 is 11.6 Å². The Morgan fingerprint density at radius 3 is 2.69 bits per heavy atom. The van der Waals surface area contributed by atoms with Crippen molar-refractivity contribution in [2.45, 2.75) is 32.7 Å². The van der Waals surface area contributed by atoms with E-state index in [9.17, 15) is 5.11 Å². The van der Waals surface area contributed by atoms with Gasteiger partial charge in [0.15, 0.2) is 5.82 Å². The molecule has 1 aromatic heterocycles. The summed E-state index contributed by atoms with van der Waals surface area (Å²) in [7, 11) is 0. The number of phenolic OH excluding ortho intramolecular Hbond substituents is 1. The van der Waals surface area contributed by atoms with Crippen molar-refractivity contribution < 1.29 is 5.11 Å².